The predicted octanol–water partition coefficient (Wildman–Crippen LogP) is 3.16. The average Bonchev–Trinajstić information content (AvgIpc) is 2.96. The molecule has 0 unspecified atom stereocenters. The maximum Gasteiger partial charge on any atom is 0.220 e. The van der Waals surface area contributed by atoms with Gasteiger partial charge in [-0.25, -0.2) is 4.98 Å². The predicted molar refractivity (Wildman–Crippen MR) is 89.8 cm³/mol. The number of aryl methyl sites for hydroxylation is 1. The van der Waals surface area contributed by atoms with Crippen molar-refractivity contribution in [2.24, 2.45) is 11.3 Å². The molecule has 0 atom stereocenters. The van der Waals surface area contributed by atoms with Crippen LogP contribution in [0.15, 0.2) is 10.9 Å². The van der Waals surface area contributed by atoms with E-state index in [0.717, 1.165) is 31.4 Å². The lowest BCUT2D eigenvalue weighted by Crippen LogP contribution is -2.46. The van der Waals surface area contributed by atoms with Gasteiger partial charge in [0.05, 0.1) is 16.8 Å². The molecule has 2 N–H and O–H groups in total. The van der Waals surface area contributed by atoms with Crippen molar-refractivity contribution >= 4 is 17.2 Å². The molecule has 4 nitrogen and oxygen atoms in total. The van der Waals surface area contributed by atoms with Crippen LogP contribution < -0.4 is 5.32 Å². The molecular weight excluding hydrogens is 296 g/mol. The van der Waals surface area contributed by atoms with E-state index in [1.54, 1.807) is 16.8 Å². The first-order chi connectivity index (χ1) is 10.3. The Balaban J connectivity index is 1.71. The Kier molecular flexibility index (Phi) is 5.61. The fraction of sp³-hybridized carbons (Fsp3) is 0.765. The molecule has 1 fully saturated rings. The van der Waals surface area contributed by atoms with E-state index >= 15 is 0 Å². The Hall–Kier alpha value is -0.940. The minimum absolute atomic E-state index is 0.000583. The average molecular weight is 324 g/mol. The van der Waals surface area contributed by atoms with Crippen LogP contribution in [0.1, 0.15) is 58.6 Å². The van der Waals surface area contributed by atoms with E-state index in [0.29, 0.717) is 30.7 Å². The largest absolute Gasteiger partial charge is 0.388 e. The third kappa shape index (κ3) is 5.06. The summed E-state index contributed by atoms with van der Waals surface area (Å²) in [6.07, 6.45) is 4.73. The van der Waals surface area contributed by atoms with Crippen LogP contribution in [-0.4, -0.2) is 28.1 Å². The molecule has 0 bridgehead atoms. The second-order valence-electron chi connectivity index (χ2n) is 7.62. The van der Waals surface area contributed by atoms with E-state index in [-0.39, 0.29) is 5.91 Å². The molecule has 1 amide bonds. The van der Waals surface area contributed by atoms with Gasteiger partial charge in [0.15, 0.2) is 0 Å². The number of carbonyl (C=O) groups excluding carboxylic acids is 1. The molecule has 0 saturated heterocycles. The van der Waals surface area contributed by atoms with E-state index in [1.807, 2.05) is 5.38 Å². The van der Waals surface area contributed by atoms with Gasteiger partial charge < -0.3 is 10.4 Å². The van der Waals surface area contributed by atoms with Crippen molar-refractivity contribution < 1.29 is 9.90 Å². The van der Waals surface area contributed by atoms with Gasteiger partial charge in [0.2, 0.25) is 5.91 Å². The van der Waals surface area contributed by atoms with Crippen LogP contribution in [0, 0.1) is 11.3 Å². The van der Waals surface area contributed by atoms with Gasteiger partial charge in [0.25, 0.3) is 0 Å². The lowest BCUT2D eigenvalue weighted by Gasteiger charge is -2.41. The van der Waals surface area contributed by atoms with E-state index in [2.05, 4.69) is 31.1 Å². The van der Waals surface area contributed by atoms with Gasteiger partial charge in [-0.05, 0) is 43.4 Å². The molecule has 1 aromatic rings. The van der Waals surface area contributed by atoms with Crippen molar-refractivity contribution in [2.45, 2.75) is 64.9 Å². The summed E-state index contributed by atoms with van der Waals surface area (Å²) >= 11 is 1.55. The van der Waals surface area contributed by atoms with Crippen molar-refractivity contribution in [1.29, 1.82) is 0 Å². The van der Waals surface area contributed by atoms with E-state index in [9.17, 15) is 9.90 Å². The number of nitrogens with zero attached hydrogens (tertiary/aromatic N) is 1. The fourth-order valence-electron chi connectivity index (χ4n) is 3.15. The monoisotopic (exact) mass is 324 g/mol. The Morgan fingerprint density at radius 1 is 1.45 bits per heavy atom. The SMILES string of the molecule is CC(C)(C)C1CCC(O)(CNC(=O)CCc2cscn2)CC1. The topological polar surface area (TPSA) is 62.2 Å². The molecule has 1 aromatic heterocycles. The molecule has 124 valence electrons. The van der Waals surface area contributed by atoms with Gasteiger partial charge in [-0.1, -0.05) is 20.8 Å². The molecule has 0 spiro atoms. The normalized spacial score (nSPS) is 25.9. The first-order valence-corrected chi connectivity index (χ1v) is 9.09. The highest BCUT2D eigenvalue weighted by atomic mass is 32.1. The van der Waals surface area contributed by atoms with Crippen LogP contribution in [0.5, 0.6) is 0 Å². The van der Waals surface area contributed by atoms with Gasteiger partial charge in [-0.2, -0.15) is 0 Å². The summed E-state index contributed by atoms with van der Waals surface area (Å²) in [5.74, 6) is 0.660. The molecule has 0 aromatic carbocycles. The molecular formula is C17H28N2O2S. The molecule has 22 heavy (non-hydrogen) atoms. The minimum atomic E-state index is -0.724. The first kappa shape index (κ1) is 17.4. The number of amides is 1. The highest BCUT2D eigenvalue weighted by Gasteiger charge is 2.37. The Labute approximate surface area is 137 Å². The number of aliphatic hydroxyl groups is 1. The maximum atomic E-state index is 11.9. The number of aromatic nitrogens is 1. The molecule has 1 aliphatic rings. The summed E-state index contributed by atoms with van der Waals surface area (Å²) in [6.45, 7) is 7.17. The highest BCUT2D eigenvalue weighted by Crippen LogP contribution is 2.41. The summed E-state index contributed by atoms with van der Waals surface area (Å²) in [5.41, 5.74) is 2.32. The van der Waals surface area contributed by atoms with E-state index in [4.69, 9.17) is 0 Å². The van der Waals surface area contributed by atoms with Crippen LogP contribution >= 0.6 is 11.3 Å². The molecule has 2 rings (SSSR count). The fourth-order valence-corrected chi connectivity index (χ4v) is 3.74. The Morgan fingerprint density at radius 2 is 2.14 bits per heavy atom. The molecule has 0 aliphatic heterocycles. The van der Waals surface area contributed by atoms with Crippen LogP contribution in [-0.2, 0) is 11.2 Å². The Morgan fingerprint density at radius 3 is 2.68 bits per heavy atom. The summed E-state index contributed by atoms with van der Waals surface area (Å²) < 4.78 is 0. The first-order valence-electron chi connectivity index (χ1n) is 8.15. The second kappa shape index (κ2) is 7.09. The number of rotatable bonds is 5. The van der Waals surface area contributed by atoms with Crippen LogP contribution in [0.4, 0.5) is 0 Å². The van der Waals surface area contributed by atoms with Crippen molar-refractivity contribution in [2.75, 3.05) is 6.54 Å². The second-order valence-corrected chi connectivity index (χ2v) is 8.34. The number of hydrogen-bond acceptors (Lipinski definition) is 4. The minimum Gasteiger partial charge on any atom is -0.388 e. The number of thiazole rings is 1. The highest BCUT2D eigenvalue weighted by molar-refractivity contribution is 7.07. The zero-order valence-electron chi connectivity index (χ0n) is 13.9. The van der Waals surface area contributed by atoms with Crippen molar-refractivity contribution in [3.63, 3.8) is 0 Å². The molecule has 0 radical (unpaired) electrons. The third-order valence-corrected chi connectivity index (χ3v) is 5.48. The van der Waals surface area contributed by atoms with Crippen molar-refractivity contribution in [3.05, 3.63) is 16.6 Å². The molecule has 1 heterocycles. The molecule has 1 saturated carbocycles. The van der Waals surface area contributed by atoms with Gasteiger partial charge in [-0.15, -0.1) is 11.3 Å². The smallest absolute Gasteiger partial charge is 0.220 e. The molecule has 5 heteroatoms. The van der Waals surface area contributed by atoms with Crippen LogP contribution in [0.2, 0.25) is 0 Å². The van der Waals surface area contributed by atoms with Crippen LogP contribution in [0.25, 0.3) is 0 Å². The zero-order chi connectivity index (χ0) is 16.2. The van der Waals surface area contributed by atoms with Gasteiger partial charge >= 0.3 is 0 Å². The zero-order valence-corrected chi connectivity index (χ0v) is 14.7. The number of nitrogens with one attached hydrogen (secondary N) is 1. The quantitative estimate of drug-likeness (QED) is 0.874. The standard InChI is InChI=1S/C17H28N2O2S/c1-16(2,3)13-6-8-17(21,9-7-13)11-18-15(20)5-4-14-10-22-12-19-14/h10,12-13,21H,4-9,11H2,1-3H3,(H,18,20). The van der Waals surface area contributed by atoms with Crippen molar-refractivity contribution in [3.8, 4) is 0 Å². The van der Waals surface area contributed by atoms with Gasteiger partial charge in [0, 0.05) is 18.3 Å². The lowest BCUT2D eigenvalue weighted by atomic mass is 9.68. The number of carbonyl (C=O) groups is 1. The van der Waals surface area contributed by atoms with Gasteiger partial charge in [-0.3, -0.25) is 4.79 Å². The van der Waals surface area contributed by atoms with Crippen LogP contribution in [0.3, 0.4) is 0 Å². The van der Waals surface area contributed by atoms with E-state index in [1.165, 1.54) is 0 Å². The summed E-state index contributed by atoms with van der Waals surface area (Å²) in [5, 5.41) is 15.5. The summed E-state index contributed by atoms with van der Waals surface area (Å²) in [7, 11) is 0. The third-order valence-electron chi connectivity index (χ3n) is 4.85. The molecule has 1 aliphatic carbocycles. The van der Waals surface area contributed by atoms with Gasteiger partial charge in [0.1, 0.15) is 0 Å². The van der Waals surface area contributed by atoms with E-state index < -0.39 is 5.60 Å². The Bertz CT molecular complexity index is 471. The summed E-state index contributed by atoms with van der Waals surface area (Å²) in [4.78, 5) is 16.1. The summed E-state index contributed by atoms with van der Waals surface area (Å²) in [6, 6.07) is 0. The maximum absolute atomic E-state index is 11.9. The lowest BCUT2D eigenvalue weighted by molar-refractivity contribution is -0.123. The van der Waals surface area contributed by atoms with Crippen molar-refractivity contribution in [1.82, 2.24) is 10.3 Å². The number of hydrogen-bond donors (Lipinski definition) is 2.